The van der Waals surface area contributed by atoms with Crippen molar-refractivity contribution in [2.75, 3.05) is 5.43 Å². The van der Waals surface area contributed by atoms with Gasteiger partial charge in [-0.1, -0.05) is 12.1 Å². The zero-order chi connectivity index (χ0) is 14.5. The van der Waals surface area contributed by atoms with E-state index in [2.05, 4.69) is 20.5 Å². The minimum atomic E-state index is -0.949. The summed E-state index contributed by atoms with van der Waals surface area (Å²) >= 11 is 0. The van der Waals surface area contributed by atoms with Crippen LogP contribution in [-0.2, 0) is 0 Å². The number of hydrazone groups is 1. The van der Waals surface area contributed by atoms with Gasteiger partial charge in [0.05, 0.1) is 11.8 Å². The first-order chi connectivity index (χ1) is 9.54. The fourth-order valence-corrected chi connectivity index (χ4v) is 1.65. The maximum Gasteiger partial charge on any atom is 0.335 e. The fourth-order valence-electron chi connectivity index (χ4n) is 1.65. The van der Waals surface area contributed by atoms with Crippen LogP contribution in [0, 0.1) is 13.8 Å². The molecule has 20 heavy (non-hydrogen) atoms. The number of rotatable bonds is 4. The molecule has 1 aromatic heterocycles. The zero-order valence-electron chi connectivity index (χ0n) is 11.2. The molecule has 0 amide bonds. The van der Waals surface area contributed by atoms with E-state index < -0.39 is 5.97 Å². The molecule has 6 nitrogen and oxygen atoms in total. The molecular formula is C14H14N4O2. The third-order valence-corrected chi connectivity index (χ3v) is 2.52. The van der Waals surface area contributed by atoms with Gasteiger partial charge in [-0.15, -0.1) is 0 Å². The number of nitrogens with zero attached hydrogens (tertiary/aromatic N) is 3. The van der Waals surface area contributed by atoms with Crippen LogP contribution in [0.15, 0.2) is 35.4 Å². The Hall–Kier alpha value is -2.76. The number of hydrogen-bond donors (Lipinski definition) is 2. The Morgan fingerprint density at radius 3 is 2.35 bits per heavy atom. The van der Waals surface area contributed by atoms with Crippen LogP contribution in [0.3, 0.4) is 0 Å². The lowest BCUT2D eigenvalue weighted by molar-refractivity contribution is 0.0697. The fraction of sp³-hybridized carbons (Fsp3) is 0.143. The molecule has 2 aromatic rings. The Morgan fingerprint density at radius 2 is 1.80 bits per heavy atom. The molecule has 2 rings (SSSR count). The summed E-state index contributed by atoms with van der Waals surface area (Å²) in [4.78, 5) is 19.1. The number of anilines is 1. The van der Waals surface area contributed by atoms with Gasteiger partial charge in [0, 0.05) is 11.4 Å². The van der Waals surface area contributed by atoms with Crippen LogP contribution in [0.25, 0.3) is 0 Å². The molecule has 102 valence electrons. The van der Waals surface area contributed by atoms with E-state index in [9.17, 15) is 4.79 Å². The van der Waals surface area contributed by atoms with Crippen molar-refractivity contribution in [3.63, 3.8) is 0 Å². The minimum Gasteiger partial charge on any atom is -0.478 e. The standard InChI is InChI=1S/C14H14N4O2/c1-9-7-10(2)17-14(16-9)18-15-8-11-3-5-12(6-4-11)13(19)20/h3-8H,1-2H3,(H,19,20)(H,16,17,18)/b15-8+. The van der Waals surface area contributed by atoms with Crippen molar-refractivity contribution < 1.29 is 9.90 Å². The van der Waals surface area contributed by atoms with E-state index >= 15 is 0 Å². The summed E-state index contributed by atoms with van der Waals surface area (Å²) in [5.74, 6) is -0.517. The number of carbonyl (C=O) groups is 1. The highest BCUT2D eigenvalue weighted by atomic mass is 16.4. The Bertz CT molecular complexity index is 630. The van der Waals surface area contributed by atoms with Crippen molar-refractivity contribution in [1.82, 2.24) is 9.97 Å². The van der Waals surface area contributed by atoms with Gasteiger partial charge in [0.15, 0.2) is 0 Å². The quantitative estimate of drug-likeness (QED) is 0.657. The lowest BCUT2D eigenvalue weighted by Crippen LogP contribution is -2.00. The van der Waals surface area contributed by atoms with Crippen molar-refractivity contribution in [1.29, 1.82) is 0 Å². The number of nitrogens with one attached hydrogen (secondary N) is 1. The van der Waals surface area contributed by atoms with Gasteiger partial charge >= 0.3 is 5.97 Å². The average Bonchev–Trinajstić information content (AvgIpc) is 2.38. The van der Waals surface area contributed by atoms with Crippen molar-refractivity contribution in [2.24, 2.45) is 5.10 Å². The maximum absolute atomic E-state index is 10.7. The van der Waals surface area contributed by atoms with Crippen molar-refractivity contribution in [3.05, 3.63) is 52.8 Å². The number of benzene rings is 1. The van der Waals surface area contributed by atoms with Crippen molar-refractivity contribution in [3.8, 4) is 0 Å². The second-order valence-corrected chi connectivity index (χ2v) is 4.27. The highest BCUT2D eigenvalue weighted by Crippen LogP contribution is 2.05. The number of carboxylic acid groups (broad SMARTS) is 1. The predicted octanol–water partition coefficient (Wildman–Crippen LogP) is 2.24. The van der Waals surface area contributed by atoms with Crippen LogP contribution in [-0.4, -0.2) is 27.3 Å². The number of aryl methyl sites for hydroxylation is 2. The molecule has 0 aliphatic heterocycles. The van der Waals surface area contributed by atoms with Crippen molar-refractivity contribution >= 4 is 18.1 Å². The molecule has 0 saturated heterocycles. The second kappa shape index (κ2) is 5.92. The summed E-state index contributed by atoms with van der Waals surface area (Å²) in [7, 11) is 0. The zero-order valence-corrected chi connectivity index (χ0v) is 11.2. The van der Waals surface area contributed by atoms with E-state index in [1.165, 1.54) is 12.1 Å². The first-order valence-electron chi connectivity index (χ1n) is 5.99. The Balaban J connectivity index is 2.04. The molecule has 0 atom stereocenters. The molecule has 0 spiro atoms. The third kappa shape index (κ3) is 3.61. The Morgan fingerprint density at radius 1 is 1.20 bits per heavy atom. The highest BCUT2D eigenvalue weighted by molar-refractivity contribution is 5.89. The minimum absolute atomic E-state index is 0.243. The molecule has 2 N–H and O–H groups in total. The van der Waals surface area contributed by atoms with Gasteiger partial charge in [-0.25, -0.2) is 20.2 Å². The van der Waals surface area contributed by atoms with E-state index in [0.717, 1.165) is 17.0 Å². The molecule has 1 aromatic carbocycles. The molecule has 0 bridgehead atoms. The van der Waals surface area contributed by atoms with E-state index in [4.69, 9.17) is 5.11 Å². The van der Waals surface area contributed by atoms with Crippen molar-refractivity contribution in [2.45, 2.75) is 13.8 Å². The lowest BCUT2D eigenvalue weighted by atomic mass is 10.1. The third-order valence-electron chi connectivity index (χ3n) is 2.52. The average molecular weight is 270 g/mol. The summed E-state index contributed by atoms with van der Waals surface area (Å²) < 4.78 is 0. The smallest absolute Gasteiger partial charge is 0.335 e. The molecule has 0 aliphatic carbocycles. The van der Waals surface area contributed by atoms with E-state index in [-0.39, 0.29) is 5.56 Å². The van der Waals surface area contributed by atoms with Gasteiger partial charge in [-0.2, -0.15) is 5.10 Å². The Labute approximate surface area is 116 Å². The van der Waals surface area contributed by atoms with Crippen LogP contribution >= 0.6 is 0 Å². The normalized spacial score (nSPS) is 10.7. The topological polar surface area (TPSA) is 87.5 Å². The first kappa shape index (κ1) is 13.7. The van der Waals surface area contributed by atoms with Gasteiger partial charge in [0.25, 0.3) is 0 Å². The molecule has 0 unspecified atom stereocenters. The summed E-state index contributed by atoms with van der Waals surface area (Å²) in [6.45, 7) is 3.77. The van der Waals surface area contributed by atoms with Gasteiger partial charge < -0.3 is 5.11 Å². The SMILES string of the molecule is Cc1cc(C)nc(N/N=C/c2ccc(C(=O)O)cc2)n1. The number of hydrogen-bond acceptors (Lipinski definition) is 5. The Kier molecular flexibility index (Phi) is 4.05. The maximum atomic E-state index is 10.7. The molecule has 6 heteroatoms. The van der Waals surface area contributed by atoms with E-state index in [1.807, 2.05) is 19.9 Å². The highest BCUT2D eigenvalue weighted by Gasteiger charge is 2.00. The van der Waals surface area contributed by atoms with Gasteiger partial charge in [-0.3, -0.25) is 0 Å². The number of aromatic nitrogens is 2. The molecule has 0 aliphatic rings. The largest absolute Gasteiger partial charge is 0.478 e. The van der Waals surface area contributed by atoms with Crippen LogP contribution in [0.1, 0.15) is 27.3 Å². The summed E-state index contributed by atoms with van der Waals surface area (Å²) in [5, 5.41) is 12.8. The lowest BCUT2D eigenvalue weighted by Gasteiger charge is -2.01. The van der Waals surface area contributed by atoms with Crippen LogP contribution in [0.4, 0.5) is 5.95 Å². The van der Waals surface area contributed by atoms with Crippen LogP contribution in [0.2, 0.25) is 0 Å². The predicted molar refractivity (Wildman–Crippen MR) is 76.1 cm³/mol. The van der Waals surface area contributed by atoms with Crippen LogP contribution in [0.5, 0.6) is 0 Å². The summed E-state index contributed by atoms with van der Waals surface area (Å²) in [6, 6.07) is 8.28. The van der Waals surface area contributed by atoms with Gasteiger partial charge in [0.2, 0.25) is 5.95 Å². The van der Waals surface area contributed by atoms with E-state index in [0.29, 0.717) is 5.95 Å². The van der Waals surface area contributed by atoms with Gasteiger partial charge in [0.1, 0.15) is 0 Å². The van der Waals surface area contributed by atoms with E-state index in [1.54, 1.807) is 18.3 Å². The molecular weight excluding hydrogens is 256 g/mol. The first-order valence-corrected chi connectivity index (χ1v) is 5.99. The molecule has 0 saturated carbocycles. The molecule has 0 radical (unpaired) electrons. The molecule has 1 heterocycles. The summed E-state index contributed by atoms with van der Waals surface area (Å²) in [6.07, 6.45) is 1.58. The summed E-state index contributed by atoms with van der Waals surface area (Å²) in [5.41, 5.74) is 5.49. The second-order valence-electron chi connectivity index (χ2n) is 4.27. The number of carboxylic acids is 1. The number of aromatic carboxylic acids is 1. The molecule has 0 fully saturated rings. The monoisotopic (exact) mass is 270 g/mol. The van der Waals surface area contributed by atoms with Gasteiger partial charge in [-0.05, 0) is 37.6 Å². The van der Waals surface area contributed by atoms with Crippen LogP contribution < -0.4 is 5.43 Å².